The van der Waals surface area contributed by atoms with Crippen LogP contribution >= 0.6 is 11.8 Å². The number of methoxy groups -OCH3 is 1. The Morgan fingerprint density at radius 1 is 1.15 bits per heavy atom. The first kappa shape index (κ1) is 22.3. The topological polar surface area (TPSA) is 61.9 Å². The highest BCUT2D eigenvalue weighted by Crippen LogP contribution is 2.55. The second kappa shape index (κ2) is 8.68. The molecule has 2 heterocycles. The summed E-state index contributed by atoms with van der Waals surface area (Å²) < 4.78 is 19.3. The van der Waals surface area contributed by atoms with Crippen LogP contribution in [-0.2, 0) is 16.2 Å². The third-order valence-electron chi connectivity index (χ3n) is 6.14. The number of carbonyl (C=O) groups is 2. The van der Waals surface area contributed by atoms with Crippen molar-refractivity contribution in [1.82, 2.24) is 4.90 Å². The number of benzene rings is 3. The number of halogens is 1. The first-order valence-electron chi connectivity index (χ1n) is 11.0. The Morgan fingerprint density at radius 3 is 2.74 bits per heavy atom. The molecule has 0 aliphatic carbocycles. The van der Waals surface area contributed by atoms with Crippen LogP contribution in [0.25, 0.3) is 0 Å². The summed E-state index contributed by atoms with van der Waals surface area (Å²) >= 11 is 1.43. The number of amides is 3. The first-order chi connectivity index (χ1) is 16.4. The van der Waals surface area contributed by atoms with E-state index in [1.165, 1.54) is 23.9 Å². The average Bonchev–Trinajstić information content (AvgIpc) is 3.36. The zero-order valence-corrected chi connectivity index (χ0v) is 19.7. The normalized spacial score (nSPS) is 19.0. The molecule has 2 aliphatic heterocycles. The maximum atomic E-state index is 14.0. The maximum absolute atomic E-state index is 14.0. The number of urea groups is 1. The minimum atomic E-state index is -1.22. The Bertz CT molecular complexity index is 1280. The molecule has 1 saturated heterocycles. The number of thioether (sulfide) groups is 1. The van der Waals surface area contributed by atoms with Crippen molar-refractivity contribution in [2.45, 2.75) is 18.3 Å². The third-order valence-corrected chi connectivity index (χ3v) is 7.56. The SMILES string of the molecule is COc1ccc2c(c1)C1(SCCN1C(=O)Nc1cccc(C)c1)C(=O)N2Cc1cccc(F)c1. The molecule has 1 spiro atoms. The Kier molecular flexibility index (Phi) is 5.69. The second-order valence-corrected chi connectivity index (χ2v) is 9.64. The van der Waals surface area contributed by atoms with Crippen molar-refractivity contribution in [1.29, 1.82) is 0 Å². The molecule has 1 N–H and O–H groups in total. The van der Waals surface area contributed by atoms with Crippen LogP contribution in [0, 0.1) is 12.7 Å². The number of hydrogen-bond acceptors (Lipinski definition) is 4. The number of nitrogens with one attached hydrogen (secondary N) is 1. The molecule has 1 atom stereocenters. The van der Waals surface area contributed by atoms with E-state index in [9.17, 15) is 14.0 Å². The highest BCUT2D eigenvalue weighted by molar-refractivity contribution is 8.01. The summed E-state index contributed by atoms with van der Waals surface area (Å²) in [6.45, 7) is 2.57. The van der Waals surface area contributed by atoms with Gasteiger partial charge >= 0.3 is 6.03 Å². The molecule has 3 aromatic rings. The fraction of sp³-hybridized carbons (Fsp3) is 0.231. The molecule has 0 aromatic heterocycles. The largest absolute Gasteiger partial charge is 0.497 e. The Morgan fingerprint density at radius 2 is 1.97 bits per heavy atom. The second-order valence-electron chi connectivity index (χ2n) is 8.35. The number of aryl methyl sites for hydroxylation is 1. The monoisotopic (exact) mass is 477 g/mol. The smallest absolute Gasteiger partial charge is 0.323 e. The van der Waals surface area contributed by atoms with Crippen LogP contribution in [0.5, 0.6) is 5.75 Å². The molecule has 1 unspecified atom stereocenters. The van der Waals surface area contributed by atoms with Crippen molar-refractivity contribution < 1.29 is 18.7 Å². The highest BCUT2D eigenvalue weighted by atomic mass is 32.2. The molecule has 174 valence electrons. The first-order valence-corrected chi connectivity index (χ1v) is 11.9. The van der Waals surface area contributed by atoms with Crippen molar-refractivity contribution in [3.05, 3.63) is 89.2 Å². The summed E-state index contributed by atoms with van der Waals surface area (Å²) in [7, 11) is 1.57. The number of hydrogen-bond donors (Lipinski definition) is 1. The van der Waals surface area contributed by atoms with Gasteiger partial charge in [0.25, 0.3) is 5.91 Å². The molecule has 0 saturated carbocycles. The lowest BCUT2D eigenvalue weighted by atomic mass is 10.1. The molecule has 1 fully saturated rings. The van der Waals surface area contributed by atoms with Crippen molar-refractivity contribution in [2.75, 3.05) is 29.6 Å². The lowest BCUT2D eigenvalue weighted by molar-refractivity contribution is -0.123. The number of carbonyl (C=O) groups excluding carboxylic acids is 2. The van der Waals surface area contributed by atoms with E-state index in [4.69, 9.17) is 4.74 Å². The van der Waals surface area contributed by atoms with E-state index in [-0.39, 0.29) is 24.3 Å². The van der Waals surface area contributed by atoms with Gasteiger partial charge in [0.1, 0.15) is 11.6 Å². The van der Waals surface area contributed by atoms with Crippen LogP contribution in [0.15, 0.2) is 66.7 Å². The molecule has 5 rings (SSSR count). The van der Waals surface area contributed by atoms with Crippen molar-refractivity contribution in [2.24, 2.45) is 0 Å². The van der Waals surface area contributed by atoms with Gasteiger partial charge < -0.3 is 15.0 Å². The van der Waals surface area contributed by atoms with Gasteiger partial charge in [0.15, 0.2) is 4.87 Å². The zero-order valence-electron chi connectivity index (χ0n) is 18.9. The number of rotatable bonds is 4. The number of fused-ring (bicyclic) bond motifs is 2. The van der Waals surface area contributed by atoms with Gasteiger partial charge in [-0.15, -0.1) is 11.8 Å². The minimum Gasteiger partial charge on any atom is -0.497 e. The number of nitrogens with zero attached hydrogens (tertiary/aromatic N) is 2. The summed E-state index contributed by atoms with van der Waals surface area (Å²) in [5.74, 6) is 0.632. The lowest BCUT2D eigenvalue weighted by Gasteiger charge is -2.33. The summed E-state index contributed by atoms with van der Waals surface area (Å²) in [6.07, 6.45) is 0. The molecule has 0 radical (unpaired) electrons. The molecule has 34 heavy (non-hydrogen) atoms. The van der Waals surface area contributed by atoms with Crippen molar-refractivity contribution in [3.63, 3.8) is 0 Å². The minimum absolute atomic E-state index is 0.200. The summed E-state index contributed by atoms with van der Waals surface area (Å²) in [5, 5.41) is 2.95. The van der Waals surface area contributed by atoms with Crippen LogP contribution in [0.1, 0.15) is 16.7 Å². The van der Waals surface area contributed by atoms with Crippen LogP contribution in [0.3, 0.4) is 0 Å². The van der Waals surface area contributed by atoms with Gasteiger partial charge in [0.05, 0.1) is 19.3 Å². The number of anilines is 2. The van der Waals surface area contributed by atoms with E-state index in [0.717, 1.165) is 5.56 Å². The zero-order chi connectivity index (χ0) is 23.9. The van der Waals surface area contributed by atoms with Gasteiger partial charge in [-0.25, -0.2) is 9.18 Å². The van der Waals surface area contributed by atoms with Gasteiger partial charge in [-0.2, -0.15) is 0 Å². The molecular formula is C26H24FN3O3S. The quantitative estimate of drug-likeness (QED) is 0.566. The van der Waals surface area contributed by atoms with Crippen LogP contribution < -0.4 is 15.0 Å². The van der Waals surface area contributed by atoms with E-state index < -0.39 is 4.87 Å². The molecule has 3 amide bonds. The molecule has 0 bridgehead atoms. The molecule has 3 aromatic carbocycles. The van der Waals surface area contributed by atoms with Gasteiger partial charge in [-0.05, 0) is 60.5 Å². The van der Waals surface area contributed by atoms with Crippen LogP contribution in [-0.4, -0.2) is 36.2 Å². The van der Waals surface area contributed by atoms with Gasteiger partial charge in [0.2, 0.25) is 0 Å². The van der Waals surface area contributed by atoms with E-state index in [1.54, 1.807) is 35.1 Å². The standard InChI is InChI=1S/C26H24FN3O3S/c1-17-5-3-8-20(13-17)28-25(32)30-11-12-34-26(30)22-15-21(33-2)9-10-23(22)29(24(26)31)16-18-6-4-7-19(27)14-18/h3-10,13-15H,11-12,16H2,1-2H3,(H,28,32). The van der Waals surface area contributed by atoms with Crippen molar-refractivity contribution in [3.8, 4) is 5.75 Å². The van der Waals surface area contributed by atoms with E-state index in [0.29, 0.717) is 40.5 Å². The average molecular weight is 478 g/mol. The molecule has 6 nitrogen and oxygen atoms in total. The highest BCUT2D eigenvalue weighted by Gasteiger charge is 2.59. The fourth-order valence-corrected chi connectivity index (χ4v) is 6.06. The predicted octanol–water partition coefficient (Wildman–Crippen LogP) is 5.12. The van der Waals surface area contributed by atoms with E-state index in [1.807, 2.05) is 43.3 Å². The van der Waals surface area contributed by atoms with E-state index in [2.05, 4.69) is 5.32 Å². The van der Waals surface area contributed by atoms with Gasteiger partial charge in [-0.1, -0.05) is 24.3 Å². The molecule has 8 heteroatoms. The molecule has 2 aliphatic rings. The summed E-state index contributed by atoms with van der Waals surface area (Å²) in [5.41, 5.74) is 3.76. The predicted molar refractivity (Wildman–Crippen MR) is 132 cm³/mol. The summed E-state index contributed by atoms with van der Waals surface area (Å²) in [6, 6.07) is 18.9. The van der Waals surface area contributed by atoms with Gasteiger partial charge in [-0.3, -0.25) is 9.69 Å². The van der Waals surface area contributed by atoms with E-state index >= 15 is 0 Å². The van der Waals surface area contributed by atoms with Crippen molar-refractivity contribution >= 4 is 35.1 Å². The van der Waals surface area contributed by atoms with Crippen LogP contribution in [0.2, 0.25) is 0 Å². The lowest BCUT2D eigenvalue weighted by Crippen LogP contribution is -2.51. The fourth-order valence-electron chi connectivity index (χ4n) is 4.61. The Balaban J connectivity index is 1.55. The Hall–Kier alpha value is -3.52. The third kappa shape index (κ3) is 3.68. The maximum Gasteiger partial charge on any atom is 0.323 e. The number of ether oxygens (including phenoxy) is 1. The van der Waals surface area contributed by atoms with Gasteiger partial charge in [0, 0.05) is 23.5 Å². The van der Waals surface area contributed by atoms with Crippen LogP contribution in [0.4, 0.5) is 20.6 Å². The Labute approximate surface area is 201 Å². The molecular weight excluding hydrogens is 453 g/mol. The summed E-state index contributed by atoms with van der Waals surface area (Å²) in [4.78, 5) is 29.5.